The monoisotopic (exact) mass is 590 g/mol. The Labute approximate surface area is 236 Å². The molecule has 2 aromatic rings. The lowest BCUT2D eigenvalue weighted by Gasteiger charge is -2.45. The standard InChI is InChI=1S/C29H36F6N2O4/c1-17-10-22(21-14-24(39-5)25(40-6)15-23(21)36(17)9-8-27(2,3)4)37(26(38)41-7)16-18-11-19(28(30,31)32)13-20(12-18)29(33,34)35/h11-15,17,22H,8-10,16H2,1-7H3/t17-,22+/m0/s1. The summed E-state index contributed by atoms with van der Waals surface area (Å²) in [7, 11) is 4.04. The predicted octanol–water partition coefficient (Wildman–Crippen LogP) is 8.09. The number of hydrogen-bond donors (Lipinski definition) is 0. The van der Waals surface area contributed by atoms with Crippen LogP contribution in [-0.2, 0) is 23.6 Å². The number of anilines is 1. The number of hydrogen-bond acceptors (Lipinski definition) is 5. The molecule has 0 fully saturated rings. The smallest absolute Gasteiger partial charge is 0.416 e. The normalized spacial score (nSPS) is 17.6. The molecule has 228 valence electrons. The third-order valence-corrected chi connectivity index (χ3v) is 7.19. The van der Waals surface area contributed by atoms with Crippen LogP contribution in [0.3, 0.4) is 0 Å². The fraction of sp³-hybridized carbons (Fsp3) is 0.552. The van der Waals surface area contributed by atoms with Crippen LogP contribution in [0.4, 0.5) is 36.8 Å². The molecule has 0 spiro atoms. The van der Waals surface area contributed by atoms with E-state index in [0.29, 0.717) is 42.2 Å². The molecule has 12 heteroatoms. The van der Waals surface area contributed by atoms with Crippen molar-refractivity contribution in [3.63, 3.8) is 0 Å². The second kappa shape index (κ2) is 11.9. The van der Waals surface area contributed by atoms with Gasteiger partial charge in [0.1, 0.15) is 0 Å². The lowest BCUT2D eigenvalue weighted by molar-refractivity contribution is -0.143. The highest BCUT2D eigenvalue weighted by Gasteiger charge is 2.40. The Bertz CT molecular complexity index is 1210. The van der Waals surface area contributed by atoms with Crippen LogP contribution >= 0.6 is 0 Å². The first-order valence-corrected chi connectivity index (χ1v) is 13.0. The summed E-state index contributed by atoms with van der Waals surface area (Å²) in [5.41, 5.74) is -1.88. The van der Waals surface area contributed by atoms with Crippen LogP contribution in [0.5, 0.6) is 11.5 Å². The topological polar surface area (TPSA) is 51.2 Å². The van der Waals surface area contributed by atoms with Crippen LogP contribution in [0.1, 0.15) is 68.8 Å². The van der Waals surface area contributed by atoms with E-state index < -0.39 is 42.2 Å². The van der Waals surface area contributed by atoms with E-state index in [2.05, 4.69) is 25.7 Å². The summed E-state index contributed by atoms with van der Waals surface area (Å²) in [4.78, 5) is 16.4. The van der Waals surface area contributed by atoms with E-state index >= 15 is 0 Å². The van der Waals surface area contributed by atoms with Gasteiger partial charge in [0.15, 0.2) is 11.5 Å². The van der Waals surface area contributed by atoms with Gasteiger partial charge in [-0.05, 0) is 55.0 Å². The van der Waals surface area contributed by atoms with E-state index in [4.69, 9.17) is 14.2 Å². The Balaban J connectivity index is 2.17. The number of alkyl halides is 6. The van der Waals surface area contributed by atoms with E-state index in [-0.39, 0.29) is 23.1 Å². The van der Waals surface area contributed by atoms with Crippen molar-refractivity contribution in [3.8, 4) is 11.5 Å². The van der Waals surface area contributed by atoms with Crippen LogP contribution in [0.2, 0.25) is 0 Å². The zero-order valence-corrected chi connectivity index (χ0v) is 24.2. The van der Waals surface area contributed by atoms with Gasteiger partial charge in [-0.2, -0.15) is 26.3 Å². The molecule has 1 aliphatic rings. The Morgan fingerprint density at radius 1 is 0.902 bits per heavy atom. The first kappa shape index (κ1) is 32.2. The molecule has 0 saturated heterocycles. The van der Waals surface area contributed by atoms with E-state index in [1.54, 1.807) is 12.1 Å². The molecule has 0 radical (unpaired) electrons. The molecule has 2 atom stereocenters. The van der Waals surface area contributed by atoms with Crippen LogP contribution in [0, 0.1) is 5.41 Å². The van der Waals surface area contributed by atoms with Crippen molar-refractivity contribution in [3.05, 3.63) is 52.6 Å². The largest absolute Gasteiger partial charge is 0.493 e. The molecule has 41 heavy (non-hydrogen) atoms. The van der Waals surface area contributed by atoms with Gasteiger partial charge >= 0.3 is 18.4 Å². The van der Waals surface area contributed by atoms with Gasteiger partial charge in [-0.15, -0.1) is 0 Å². The van der Waals surface area contributed by atoms with Gasteiger partial charge in [-0.25, -0.2) is 4.79 Å². The highest BCUT2D eigenvalue weighted by molar-refractivity contribution is 5.71. The molecule has 0 N–H and O–H groups in total. The Morgan fingerprint density at radius 3 is 1.90 bits per heavy atom. The number of nitrogens with zero attached hydrogens (tertiary/aromatic N) is 2. The number of amides is 1. The summed E-state index contributed by atoms with van der Waals surface area (Å²) >= 11 is 0. The average molecular weight is 591 g/mol. The summed E-state index contributed by atoms with van der Waals surface area (Å²) in [6.45, 7) is 8.42. The van der Waals surface area contributed by atoms with Gasteiger partial charge in [0.05, 0.1) is 38.5 Å². The predicted molar refractivity (Wildman–Crippen MR) is 142 cm³/mol. The van der Waals surface area contributed by atoms with Crippen molar-refractivity contribution in [1.29, 1.82) is 0 Å². The Hall–Kier alpha value is -3.31. The van der Waals surface area contributed by atoms with E-state index in [1.807, 2.05) is 6.92 Å². The second-order valence-corrected chi connectivity index (χ2v) is 11.4. The zero-order chi connectivity index (χ0) is 30.9. The summed E-state index contributed by atoms with van der Waals surface area (Å²) in [5.74, 6) is 0.807. The van der Waals surface area contributed by atoms with Gasteiger partial charge in [0.2, 0.25) is 0 Å². The maximum Gasteiger partial charge on any atom is 0.416 e. The Morgan fingerprint density at radius 2 is 1.44 bits per heavy atom. The maximum absolute atomic E-state index is 13.6. The van der Waals surface area contributed by atoms with Crippen molar-refractivity contribution in [2.24, 2.45) is 5.41 Å². The van der Waals surface area contributed by atoms with Crippen molar-refractivity contribution >= 4 is 11.8 Å². The van der Waals surface area contributed by atoms with Crippen molar-refractivity contribution in [2.45, 2.75) is 71.5 Å². The van der Waals surface area contributed by atoms with Gasteiger partial charge in [0.25, 0.3) is 0 Å². The molecule has 1 aliphatic heterocycles. The summed E-state index contributed by atoms with van der Waals surface area (Å²) < 4.78 is 97.3. The van der Waals surface area contributed by atoms with Crippen LogP contribution < -0.4 is 14.4 Å². The SMILES string of the molecule is COC(=O)N(Cc1cc(C(F)(F)F)cc(C(F)(F)F)c1)[C@@H]1C[C@H](C)N(CCC(C)(C)C)c2cc(OC)c(OC)cc21. The van der Waals surface area contributed by atoms with Gasteiger partial charge < -0.3 is 19.1 Å². The van der Waals surface area contributed by atoms with Gasteiger partial charge in [0, 0.05) is 36.4 Å². The molecule has 0 aliphatic carbocycles. The molecule has 6 nitrogen and oxygen atoms in total. The molecule has 2 aromatic carbocycles. The molecule has 0 unspecified atom stereocenters. The Kier molecular flexibility index (Phi) is 9.34. The number of carbonyl (C=O) groups is 1. The number of ether oxygens (including phenoxy) is 3. The molecule has 1 heterocycles. The second-order valence-electron chi connectivity index (χ2n) is 11.4. The number of carbonyl (C=O) groups excluding carboxylic acids is 1. The van der Waals surface area contributed by atoms with Gasteiger partial charge in [-0.1, -0.05) is 20.8 Å². The first-order chi connectivity index (χ1) is 18.9. The zero-order valence-electron chi connectivity index (χ0n) is 24.2. The number of fused-ring (bicyclic) bond motifs is 1. The first-order valence-electron chi connectivity index (χ1n) is 13.0. The molecule has 3 rings (SSSR count). The molecular weight excluding hydrogens is 554 g/mol. The highest BCUT2D eigenvalue weighted by atomic mass is 19.4. The van der Waals surface area contributed by atoms with Crippen LogP contribution in [0.25, 0.3) is 0 Å². The van der Waals surface area contributed by atoms with E-state index in [9.17, 15) is 31.1 Å². The molecule has 1 amide bonds. The fourth-order valence-corrected chi connectivity index (χ4v) is 5.03. The van der Waals surface area contributed by atoms with Crippen LogP contribution in [0.15, 0.2) is 30.3 Å². The van der Waals surface area contributed by atoms with E-state index in [0.717, 1.165) is 24.1 Å². The van der Waals surface area contributed by atoms with Crippen molar-refractivity contribution in [2.75, 3.05) is 32.8 Å². The third-order valence-electron chi connectivity index (χ3n) is 7.19. The van der Waals surface area contributed by atoms with Gasteiger partial charge in [-0.3, -0.25) is 4.90 Å². The molecule has 0 bridgehead atoms. The number of halogens is 6. The average Bonchev–Trinajstić information content (AvgIpc) is 2.87. The maximum atomic E-state index is 13.6. The van der Waals surface area contributed by atoms with Crippen LogP contribution in [-0.4, -0.2) is 44.9 Å². The number of benzene rings is 2. The highest BCUT2D eigenvalue weighted by Crippen LogP contribution is 2.47. The summed E-state index contributed by atoms with van der Waals surface area (Å²) in [6, 6.07) is 3.90. The lowest BCUT2D eigenvalue weighted by atomic mass is 9.87. The molecule has 0 saturated carbocycles. The van der Waals surface area contributed by atoms with E-state index in [1.165, 1.54) is 14.2 Å². The molecule has 0 aromatic heterocycles. The van der Waals surface area contributed by atoms with Crippen molar-refractivity contribution in [1.82, 2.24) is 4.90 Å². The molecular formula is C29H36F6N2O4. The summed E-state index contributed by atoms with van der Waals surface area (Å²) in [6.07, 6.45) is -9.75. The number of rotatable bonds is 7. The number of methoxy groups -OCH3 is 3. The minimum Gasteiger partial charge on any atom is -0.493 e. The third kappa shape index (κ3) is 7.51. The minimum atomic E-state index is -5.02. The quantitative estimate of drug-likeness (QED) is 0.305. The lowest BCUT2D eigenvalue weighted by Crippen LogP contribution is -2.45. The fourth-order valence-electron chi connectivity index (χ4n) is 5.03. The summed E-state index contributed by atoms with van der Waals surface area (Å²) in [5, 5.41) is 0. The van der Waals surface area contributed by atoms with Crippen molar-refractivity contribution < 1.29 is 45.3 Å². The minimum absolute atomic E-state index is 0.0189.